The number of carbonyl (C=O) groups is 1. The van der Waals surface area contributed by atoms with Crippen LogP contribution in [0.15, 0.2) is 34.8 Å². The van der Waals surface area contributed by atoms with E-state index in [1.54, 1.807) is 11.3 Å². The van der Waals surface area contributed by atoms with E-state index in [2.05, 4.69) is 22.0 Å². The van der Waals surface area contributed by atoms with Gasteiger partial charge in [0.1, 0.15) is 6.54 Å². The van der Waals surface area contributed by atoms with E-state index in [1.165, 1.54) is 10.4 Å². The third-order valence-electron chi connectivity index (χ3n) is 2.98. The summed E-state index contributed by atoms with van der Waals surface area (Å²) in [7, 11) is 0. The average molecular weight is 354 g/mol. The monoisotopic (exact) mass is 353 g/mol. The number of nitrogens with zero attached hydrogens (tertiary/aromatic N) is 1. The predicted octanol–water partition coefficient (Wildman–Crippen LogP) is 4.22. The Morgan fingerprint density at radius 2 is 1.95 bits per heavy atom. The van der Waals surface area contributed by atoms with Crippen molar-refractivity contribution in [2.75, 3.05) is 11.4 Å². The van der Waals surface area contributed by atoms with Crippen molar-refractivity contribution >= 4 is 38.9 Å². The summed E-state index contributed by atoms with van der Waals surface area (Å²) in [6, 6.07) is 9.99. The Morgan fingerprint density at radius 3 is 2.45 bits per heavy atom. The lowest BCUT2D eigenvalue weighted by atomic mass is 10.2. The van der Waals surface area contributed by atoms with E-state index in [0.717, 1.165) is 15.0 Å². The first-order valence-electron chi connectivity index (χ1n) is 6.24. The van der Waals surface area contributed by atoms with Crippen molar-refractivity contribution in [2.45, 2.75) is 20.4 Å². The van der Waals surface area contributed by atoms with Crippen molar-refractivity contribution in [3.8, 4) is 0 Å². The van der Waals surface area contributed by atoms with Gasteiger partial charge in [0, 0.05) is 19.9 Å². The largest absolute Gasteiger partial charge is 0.480 e. The van der Waals surface area contributed by atoms with Crippen LogP contribution in [0.3, 0.4) is 0 Å². The van der Waals surface area contributed by atoms with Gasteiger partial charge in [0.05, 0.1) is 6.54 Å². The number of thiophene rings is 1. The number of carboxylic acids is 1. The Hall–Kier alpha value is -1.33. The zero-order valence-corrected chi connectivity index (χ0v) is 13.8. The lowest BCUT2D eigenvalue weighted by Gasteiger charge is -2.22. The molecule has 0 bridgehead atoms. The molecule has 2 aromatic rings. The summed E-state index contributed by atoms with van der Waals surface area (Å²) in [4.78, 5) is 15.3. The lowest BCUT2D eigenvalue weighted by molar-refractivity contribution is -0.135. The average Bonchev–Trinajstić information content (AvgIpc) is 2.68. The molecule has 1 heterocycles. The fourth-order valence-corrected chi connectivity index (χ4v) is 3.56. The molecule has 0 saturated heterocycles. The van der Waals surface area contributed by atoms with Crippen LogP contribution in [-0.4, -0.2) is 17.6 Å². The van der Waals surface area contributed by atoms with Crippen LogP contribution in [0, 0.1) is 13.8 Å². The van der Waals surface area contributed by atoms with Gasteiger partial charge >= 0.3 is 5.97 Å². The van der Waals surface area contributed by atoms with Crippen molar-refractivity contribution in [3.63, 3.8) is 0 Å². The van der Waals surface area contributed by atoms with Crippen molar-refractivity contribution in [1.29, 1.82) is 0 Å². The van der Waals surface area contributed by atoms with Crippen molar-refractivity contribution in [1.82, 2.24) is 0 Å². The van der Waals surface area contributed by atoms with Gasteiger partial charge in [0.15, 0.2) is 0 Å². The highest BCUT2D eigenvalue weighted by Crippen LogP contribution is 2.28. The maximum absolute atomic E-state index is 11.1. The molecule has 0 atom stereocenters. The van der Waals surface area contributed by atoms with Crippen LogP contribution >= 0.6 is 27.3 Å². The maximum atomic E-state index is 11.1. The summed E-state index contributed by atoms with van der Waals surface area (Å²) in [5.74, 6) is -0.821. The standard InChI is InChI=1S/C15H16BrNO2S/c1-10-3-5-12(6-4-10)17(9-15(18)19)8-13-7-14(16)11(2)20-13/h3-7H,8-9H2,1-2H3,(H,18,19). The maximum Gasteiger partial charge on any atom is 0.323 e. The molecule has 1 aromatic carbocycles. The summed E-state index contributed by atoms with van der Waals surface area (Å²) in [5.41, 5.74) is 2.10. The summed E-state index contributed by atoms with van der Waals surface area (Å²) >= 11 is 5.18. The number of rotatable bonds is 5. The van der Waals surface area contributed by atoms with E-state index in [1.807, 2.05) is 43.0 Å². The van der Waals surface area contributed by atoms with Gasteiger partial charge in [-0.3, -0.25) is 4.79 Å². The molecule has 0 aliphatic carbocycles. The highest BCUT2D eigenvalue weighted by molar-refractivity contribution is 9.10. The van der Waals surface area contributed by atoms with Gasteiger partial charge in [0.25, 0.3) is 0 Å². The highest BCUT2D eigenvalue weighted by atomic mass is 79.9. The zero-order chi connectivity index (χ0) is 14.7. The Bertz CT molecular complexity index is 587. The van der Waals surface area contributed by atoms with Gasteiger partial charge in [0.2, 0.25) is 0 Å². The van der Waals surface area contributed by atoms with Gasteiger partial charge in [-0.25, -0.2) is 0 Å². The smallest absolute Gasteiger partial charge is 0.323 e. The first-order chi connectivity index (χ1) is 9.45. The van der Waals surface area contributed by atoms with Gasteiger partial charge in [-0.05, 0) is 48.0 Å². The molecule has 0 aliphatic heterocycles. The van der Waals surface area contributed by atoms with Crippen molar-refractivity contribution in [2.24, 2.45) is 0 Å². The molecule has 1 aromatic heterocycles. The minimum atomic E-state index is -0.821. The van der Waals surface area contributed by atoms with Gasteiger partial charge in [-0.2, -0.15) is 0 Å². The van der Waals surface area contributed by atoms with Crippen LogP contribution < -0.4 is 4.90 Å². The van der Waals surface area contributed by atoms with Gasteiger partial charge < -0.3 is 10.0 Å². The van der Waals surface area contributed by atoms with Crippen LogP contribution in [-0.2, 0) is 11.3 Å². The summed E-state index contributed by atoms with van der Waals surface area (Å²) in [6.07, 6.45) is 0. The number of halogens is 1. The minimum Gasteiger partial charge on any atom is -0.480 e. The van der Waals surface area contributed by atoms with Gasteiger partial charge in [-0.15, -0.1) is 11.3 Å². The van der Waals surface area contributed by atoms with Crippen molar-refractivity contribution in [3.05, 3.63) is 50.1 Å². The van der Waals surface area contributed by atoms with E-state index in [9.17, 15) is 4.79 Å². The lowest BCUT2D eigenvalue weighted by Crippen LogP contribution is -2.28. The third kappa shape index (κ3) is 3.84. The Morgan fingerprint density at radius 1 is 1.30 bits per heavy atom. The van der Waals surface area contributed by atoms with E-state index in [-0.39, 0.29) is 6.54 Å². The molecular formula is C15H16BrNO2S. The van der Waals surface area contributed by atoms with Gasteiger partial charge in [-0.1, -0.05) is 17.7 Å². The molecule has 5 heteroatoms. The predicted molar refractivity (Wildman–Crippen MR) is 86.6 cm³/mol. The fourth-order valence-electron chi connectivity index (χ4n) is 1.94. The van der Waals surface area contributed by atoms with E-state index in [0.29, 0.717) is 6.54 Å². The molecule has 106 valence electrons. The second-order valence-corrected chi connectivity index (χ2v) is 6.90. The number of carboxylic acid groups (broad SMARTS) is 1. The molecule has 0 amide bonds. The number of benzene rings is 1. The third-order valence-corrected chi connectivity index (χ3v) is 5.10. The first kappa shape index (κ1) is 15.1. The second kappa shape index (κ2) is 6.41. The Balaban J connectivity index is 2.23. The van der Waals surface area contributed by atoms with Crippen LogP contribution in [0.2, 0.25) is 0 Å². The van der Waals surface area contributed by atoms with Crippen LogP contribution in [0.1, 0.15) is 15.3 Å². The molecule has 3 nitrogen and oxygen atoms in total. The molecule has 2 rings (SSSR count). The van der Waals surface area contributed by atoms with Crippen LogP contribution in [0.4, 0.5) is 5.69 Å². The topological polar surface area (TPSA) is 40.5 Å². The number of hydrogen-bond donors (Lipinski definition) is 1. The molecular weight excluding hydrogens is 338 g/mol. The Kier molecular flexibility index (Phi) is 4.83. The SMILES string of the molecule is Cc1ccc(N(CC(=O)O)Cc2cc(Br)c(C)s2)cc1. The summed E-state index contributed by atoms with van der Waals surface area (Å²) < 4.78 is 1.08. The Labute approximate surface area is 131 Å². The van der Waals surface area contributed by atoms with Crippen molar-refractivity contribution < 1.29 is 9.90 Å². The fraction of sp³-hybridized carbons (Fsp3) is 0.267. The molecule has 0 aliphatic rings. The van der Waals surface area contributed by atoms with E-state index < -0.39 is 5.97 Å². The molecule has 0 fully saturated rings. The molecule has 0 spiro atoms. The highest BCUT2D eigenvalue weighted by Gasteiger charge is 2.13. The molecule has 0 radical (unpaired) electrons. The van der Waals surface area contributed by atoms with E-state index >= 15 is 0 Å². The summed E-state index contributed by atoms with van der Waals surface area (Å²) in [6.45, 7) is 4.67. The molecule has 0 saturated carbocycles. The number of anilines is 1. The zero-order valence-electron chi connectivity index (χ0n) is 11.4. The summed E-state index contributed by atoms with van der Waals surface area (Å²) in [5, 5.41) is 9.09. The van der Waals surface area contributed by atoms with Crippen LogP contribution in [0.25, 0.3) is 0 Å². The second-order valence-electron chi connectivity index (χ2n) is 4.70. The number of aryl methyl sites for hydroxylation is 2. The minimum absolute atomic E-state index is 0.00235. The normalized spacial score (nSPS) is 10.6. The quantitative estimate of drug-likeness (QED) is 0.874. The first-order valence-corrected chi connectivity index (χ1v) is 7.85. The molecule has 1 N–H and O–H groups in total. The van der Waals surface area contributed by atoms with E-state index in [4.69, 9.17) is 5.11 Å². The number of hydrogen-bond acceptors (Lipinski definition) is 3. The molecule has 0 unspecified atom stereocenters. The molecule has 20 heavy (non-hydrogen) atoms. The van der Waals surface area contributed by atoms with Crippen LogP contribution in [0.5, 0.6) is 0 Å². The number of aliphatic carboxylic acids is 1.